The van der Waals surface area contributed by atoms with Gasteiger partial charge in [-0.25, -0.2) is 0 Å². The second-order valence-electron chi connectivity index (χ2n) is 5.85. The predicted octanol–water partition coefficient (Wildman–Crippen LogP) is 1.61. The first-order valence-electron chi connectivity index (χ1n) is 7.91. The molecule has 1 atom stereocenters. The normalized spacial score (nSPS) is 19.2. The van der Waals surface area contributed by atoms with Gasteiger partial charge in [0.05, 0.1) is 5.92 Å². The summed E-state index contributed by atoms with van der Waals surface area (Å²) in [5.74, 6) is 0.552. The maximum atomic E-state index is 12.4. The molecule has 1 fully saturated rings. The summed E-state index contributed by atoms with van der Waals surface area (Å²) in [6.45, 7) is 3.14. The van der Waals surface area contributed by atoms with Crippen molar-refractivity contribution < 1.29 is 19.1 Å². The van der Waals surface area contributed by atoms with Crippen LogP contribution >= 0.6 is 11.3 Å². The number of amides is 2. The monoisotopic (exact) mass is 360 g/mol. The Morgan fingerprint density at radius 2 is 2.08 bits per heavy atom. The van der Waals surface area contributed by atoms with E-state index >= 15 is 0 Å². The topological polar surface area (TPSA) is 93.7 Å². The standard InChI is InChI=1S/C16H16N4O4S/c1-9-18-19-16(25-9)17-15(22)10-6-14(21)20(8-10)11-2-3-12-13(7-11)24-5-4-23-12/h2-3,7,10H,4-6,8H2,1H3,(H,17,19,22)/t10-/m1/s1. The van der Waals surface area contributed by atoms with Gasteiger partial charge in [0, 0.05) is 24.7 Å². The molecule has 0 aliphatic carbocycles. The summed E-state index contributed by atoms with van der Waals surface area (Å²) in [6.07, 6.45) is 0.165. The molecule has 2 aromatic rings. The zero-order valence-corrected chi connectivity index (χ0v) is 14.3. The molecular weight excluding hydrogens is 344 g/mol. The second-order valence-corrected chi connectivity index (χ2v) is 7.03. The van der Waals surface area contributed by atoms with Gasteiger partial charge in [-0.05, 0) is 19.1 Å². The molecule has 1 N–H and O–H groups in total. The lowest BCUT2D eigenvalue weighted by Gasteiger charge is -2.22. The molecule has 1 aromatic heterocycles. The lowest BCUT2D eigenvalue weighted by atomic mass is 10.1. The number of fused-ring (bicyclic) bond motifs is 1. The van der Waals surface area contributed by atoms with Gasteiger partial charge < -0.3 is 19.7 Å². The Morgan fingerprint density at radius 1 is 1.28 bits per heavy atom. The van der Waals surface area contributed by atoms with E-state index in [9.17, 15) is 9.59 Å². The van der Waals surface area contributed by atoms with Crippen molar-refractivity contribution in [1.29, 1.82) is 0 Å². The van der Waals surface area contributed by atoms with Crippen LogP contribution in [0.4, 0.5) is 10.8 Å². The van der Waals surface area contributed by atoms with Crippen molar-refractivity contribution in [1.82, 2.24) is 10.2 Å². The first-order chi connectivity index (χ1) is 12.1. The number of aryl methyl sites for hydroxylation is 1. The van der Waals surface area contributed by atoms with E-state index in [-0.39, 0.29) is 18.2 Å². The number of nitrogens with zero attached hydrogens (tertiary/aromatic N) is 3. The summed E-state index contributed by atoms with van der Waals surface area (Å²) in [7, 11) is 0. The Balaban J connectivity index is 1.47. The third-order valence-corrected chi connectivity index (χ3v) is 4.84. The molecule has 2 amide bonds. The molecule has 25 heavy (non-hydrogen) atoms. The van der Waals surface area contributed by atoms with Crippen molar-refractivity contribution in [2.75, 3.05) is 30.0 Å². The van der Waals surface area contributed by atoms with Crippen LogP contribution in [0.3, 0.4) is 0 Å². The summed E-state index contributed by atoms with van der Waals surface area (Å²) < 4.78 is 11.0. The van der Waals surface area contributed by atoms with E-state index in [1.165, 1.54) is 11.3 Å². The van der Waals surface area contributed by atoms with Gasteiger partial charge >= 0.3 is 0 Å². The van der Waals surface area contributed by atoms with E-state index in [1.807, 2.05) is 6.92 Å². The van der Waals surface area contributed by atoms with Gasteiger partial charge in [-0.1, -0.05) is 11.3 Å². The smallest absolute Gasteiger partial charge is 0.231 e. The second kappa shape index (κ2) is 6.32. The molecule has 8 nitrogen and oxygen atoms in total. The van der Waals surface area contributed by atoms with Gasteiger partial charge in [-0.2, -0.15) is 0 Å². The number of hydrogen-bond donors (Lipinski definition) is 1. The number of carbonyl (C=O) groups excluding carboxylic acids is 2. The van der Waals surface area contributed by atoms with Crippen LogP contribution < -0.4 is 19.7 Å². The van der Waals surface area contributed by atoms with Gasteiger partial charge in [-0.15, -0.1) is 10.2 Å². The number of hydrogen-bond acceptors (Lipinski definition) is 7. The number of benzene rings is 1. The summed E-state index contributed by atoms with van der Waals surface area (Å²) in [5.41, 5.74) is 0.705. The predicted molar refractivity (Wildman–Crippen MR) is 91.2 cm³/mol. The zero-order valence-electron chi connectivity index (χ0n) is 13.5. The van der Waals surface area contributed by atoms with Crippen LogP contribution in [-0.2, 0) is 9.59 Å². The Morgan fingerprint density at radius 3 is 2.84 bits per heavy atom. The fourth-order valence-corrected chi connectivity index (χ4v) is 3.48. The van der Waals surface area contributed by atoms with E-state index in [4.69, 9.17) is 9.47 Å². The molecule has 3 heterocycles. The third kappa shape index (κ3) is 3.14. The lowest BCUT2D eigenvalue weighted by molar-refractivity contribution is -0.122. The van der Waals surface area contributed by atoms with Gasteiger partial charge in [0.25, 0.3) is 0 Å². The van der Waals surface area contributed by atoms with Gasteiger partial charge in [0.2, 0.25) is 16.9 Å². The minimum atomic E-state index is -0.426. The van der Waals surface area contributed by atoms with Crippen LogP contribution in [0.1, 0.15) is 11.4 Å². The SMILES string of the molecule is Cc1nnc(NC(=O)[C@@H]2CC(=O)N(c3ccc4c(c3)OCCO4)C2)s1. The first kappa shape index (κ1) is 15.8. The molecule has 9 heteroatoms. The number of aromatic nitrogens is 2. The number of carbonyl (C=O) groups is 2. The van der Waals surface area contributed by atoms with Crippen molar-refractivity contribution in [3.05, 3.63) is 23.2 Å². The van der Waals surface area contributed by atoms with Crippen molar-refractivity contribution in [3.8, 4) is 11.5 Å². The highest BCUT2D eigenvalue weighted by Gasteiger charge is 2.36. The molecule has 1 aromatic carbocycles. The van der Waals surface area contributed by atoms with Crippen LogP contribution in [0.2, 0.25) is 0 Å². The van der Waals surface area contributed by atoms with E-state index in [0.717, 1.165) is 5.01 Å². The van der Waals surface area contributed by atoms with Crippen LogP contribution in [0.25, 0.3) is 0 Å². The van der Waals surface area contributed by atoms with Crippen molar-refractivity contribution >= 4 is 34.0 Å². The molecule has 0 bridgehead atoms. The minimum absolute atomic E-state index is 0.0923. The Labute approximate surface area is 147 Å². The van der Waals surface area contributed by atoms with Gasteiger partial charge in [0.15, 0.2) is 11.5 Å². The Kier molecular flexibility index (Phi) is 4.00. The molecule has 2 aliphatic heterocycles. The molecule has 0 radical (unpaired) electrons. The average molecular weight is 360 g/mol. The summed E-state index contributed by atoms with van der Waals surface area (Å²) in [4.78, 5) is 26.4. The summed E-state index contributed by atoms with van der Waals surface area (Å²) in [5, 5.41) is 11.7. The molecule has 0 spiro atoms. The van der Waals surface area contributed by atoms with Gasteiger partial charge in [-0.3, -0.25) is 9.59 Å². The molecular formula is C16H16N4O4S. The maximum Gasteiger partial charge on any atom is 0.231 e. The van der Waals surface area contributed by atoms with Crippen LogP contribution in [-0.4, -0.2) is 41.8 Å². The van der Waals surface area contributed by atoms with E-state index < -0.39 is 5.92 Å². The number of ether oxygens (including phenoxy) is 2. The van der Waals surface area contributed by atoms with Crippen molar-refractivity contribution in [2.24, 2.45) is 5.92 Å². The molecule has 1 saturated heterocycles. The largest absolute Gasteiger partial charge is 0.486 e. The van der Waals surface area contributed by atoms with Crippen LogP contribution in [0.15, 0.2) is 18.2 Å². The first-order valence-corrected chi connectivity index (χ1v) is 8.73. The fourth-order valence-electron chi connectivity index (χ4n) is 2.89. The van der Waals surface area contributed by atoms with E-state index in [0.29, 0.717) is 42.1 Å². The maximum absolute atomic E-state index is 12.4. The molecule has 4 rings (SSSR count). The fraction of sp³-hybridized carbons (Fsp3) is 0.375. The van der Waals surface area contributed by atoms with E-state index in [1.54, 1.807) is 23.1 Å². The molecule has 0 saturated carbocycles. The molecule has 130 valence electrons. The highest BCUT2D eigenvalue weighted by Crippen LogP contribution is 2.36. The summed E-state index contributed by atoms with van der Waals surface area (Å²) >= 11 is 1.31. The lowest BCUT2D eigenvalue weighted by Crippen LogP contribution is -2.28. The molecule has 0 unspecified atom stereocenters. The average Bonchev–Trinajstić information content (AvgIpc) is 3.20. The number of anilines is 2. The van der Waals surface area contributed by atoms with Gasteiger partial charge in [0.1, 0.15) is 18.2 Å². The van der Waals surface area contributed by atoms with Crippen molar-refractivity contribution in [3.63, 3.8) is 0 Å². The van der Waals surface area contributed by atoms with Crippen molar-refractivity contribution in [2.45, 2.75) is 13.3 Å². The highest BCUT2D eigenvalue weighted by molar-refractivity contribution is 7.15. The highest BCUT2D eigenvalue weighted by atomic mass is 32.1. The quantitative estimate of drug-likeness (QED) is 0.894. The number of rotatable bonds is 3. The zero-order chi connectivity index (χ0) is 17.4. The summed E-state index contributed by atoms with van der Waals surface area (Å²) in [6, 6.07) is 5.37. The number of nitrogens with one attached hydrogen (secondary N) is 1. The molecule has 2 aliphatic rings. The van der Waals surface area contributed by atoms with E-state index in [2.05, 4.69) is 15.5 Å². The minimum Gasteiger partial charge on any atom is -0.486 e. The van der Waals surface area contributed by atoms with Crippen LogP contribution in [0.5, 0.6) is 11.5 Å². The third-order valence-electron chi connectivity index (χ3n) is 4.09. The Bertz CT molecular complexity index is 837. The Hall–Kier alpha value is -2.68. The van der Waals surface area contributed by atoms with Crippen LogP contribution in [0, 0.1) is 12.8 Å².